The van der Waals surface area contributed by atoms with Gasteiger partial charge in [0.05, 0.1) is 17.3 Å². The first-order valence-electron chi connectivity index (χ1n) is 8.50. The second kappa shape index (κ2) is 7.75. The first kappa shape index (κ1) is 16.9. The normalized spacial score (nSPS) is 18.9. The summed E-state index contributed by atoms with van der Waals surface area (Å²) in [5.74, 6) is -0.00798. The lowest BCUT2D eigenvalue weighted by molar-refractivity contribution is -0.120. The molecular formula is C17H23ClN4O2. The molecule has 1 aliphatic heterocycles. The summed E-state index contributed by atoms with van der Waals surface area (Å²) in [5, 5.41) is 9.17. The number of carbonyl (C=O) groups excluding carboxylic acids is 2. The average molecular weight is 351 g/mol. The Morgan fingerprint density at radius 3 is 2.75 bits per heavy atom. The van der Waals surface area contributed by atoms with Crippen LogP contribution in [0.25, 0.3) is 0 Å². The molecule has 0 aromatic heterocycles. The third kappa shape index (κ3) is 4.32. The molecule has 0 radical (unpaired) electrons. The number of anilines is 2. The van der Waals surface area contributed by atoms with Crippen LogP contribution in [0.4, 0.5) is 16.2 Å². The van der Waals surface area contributed by atoms with Crippen LogP contribution in [0, 0.1) is 0 Å². The smallest absolute Gasteiger partial charge is 0.319 e. The molecule has 130 valence electrons. The molecule has 7 heteroatoms. The molecule has 1 heterocycles. The predicted octanol–water partition coefficient (Wildman–Crippen LogP) is 2.73. The van der Waals surface area contributed by atoms with Crippen molar-refractivity contribution in [3.05, 3.63) is 23.2 Å². The molecule has 3 amide bonds. The van der Waals surface area contributed by atoms with Gasteiger partial charge in [0.2, 0.25) is 5.91 Å². The Hall–Kier alpha value is -1.95. The Morgan fingerprint density at radius 2 is 2.04 bits per heavy atom. The van der Waals surface area contributed by atoms with Gasteiger partial charge in [-0.1, -0.05) is 30.9 Å². The molecular weight excluding hydrogens is 328 g/mol. The van der Waals surface area contributed by atoms with Crippen molar-refractivity contribution < 1.29 is 9.59 Å². The highest BCUT2D eigenvalue weighted by atomic mass is 35.5. The third-order valence-corrected chi connectivity index (χ3v) is 4.83. The second-order valence-corrected chi connectivity index (χ2v) is 6.78. The number of carbonyl (C=O) groups is 2. The zero-order valence-corrected chi connectivity index (χ0v) is 14.4. The molecule has 6 nitrogen and oxygen atoms in total. The molecule has 3 N–H and O–H groups in total. The van der Waals surface area contributed by atoms with E-state index in [9.17, 15) is 9.59 Å². The number of nitrogens with one attached hydrogen (secondary N) is 3. The Labute approximate surface area is 146 Å². The molecule has 1 saturated heterocycles. The summed E-state index contributed by atoms with van der Waals surface area (Å²) in [4.78, 5) is 25.5. The molecule has 0 atom stereocenters. The summed E-state index contributed by atoms with van der Waals surface area (Å²) in [5.41, 5.74) is 1.46. The minimum absolute atomic E-state index is 0.00798. The maximum Gasteiger partial charge on any atom is 0.319 e. The molecule has 2 aliphatic rings. The topological polar surface area (TPSA) is 73.5 Å². The van der Waals surface area contributed by atoms with Gasteiger partial charge in [0, 0.05) is 24.8 Å². The lowest BCUT2D eigenvalue weighted by Crippen LogP contribution is -2.47. The van der Waals surface area contributed by atoms with Crippen molar-refractivity contribution in [2.75, 3.05) is 29.9 Å². The quantitative estimate of drug-likeness (QED) is 0.784. The predicted molar refractivity (Wildman–Crippen MR) is 95.7 cm³/mol. The number of hydrogen-bond donors (Lipinski definition) is 3. The van der Waals surface area contributed by atoms with Gasteiger partial charge < -0.3 is 20.9 Å². The fourth-order valence-corrected chi connectivity index (χ4v) is 3.58. The maximum absolute atomic E-state index is 12.1. The van der Waals surface area contributed by atoms with E-state index < -0.39 is 0 Å². The van der Waals surface area contributed by atoms with Crippen molar-refractivity contribution in [1.82, 2.24) is 10.6 Å². The highest BCUT2D eigenvalue weighted by Crippen LogP contribution is 2.29. The van der Waals surface area contributed by atoms with Crippen LogP contribution in [-0.2, 0) is 4.79 Å². The van der Waals surface area contributed by atoms with Gasteiger partial charge in [0.1, 0.15) is 0 Å². The summed E-state index contributed by atoms with van der Waals surface area (Å²) >= 11 is 6.34. The number of nitrogens with zero attached hydrogens (tertiary/aromatic N) is 1. The van der Waals surface area contributed by atoms with Crippen molar-refractivity contribution >= 4 is 34.9 Å². The van der Waals surface area contributed by atoms with Crippen molar-refractivity contribution in [2.45, 2.75) is 38.1 Å². The summed E-state index contributed by atoms with van der Waals surface area (Å²) in [6.07, 6.45) is 5.70. The van der Waals surface area contributed by atoms with Crippen LogP contribution < -0.4 is 20.9 Å². The number of halogens is 1. The van der Waals surface area contributed by atoms with E-state index in [1.807, 2.05) is 17.0 Å². The average Bonchev–Trinajstić information content (AvgIpc) is 2.55. The van der Waals surface area contributed by atoms with E-state index >= 15 is 0 Å². The Kier molecular flexibility index (Phi) is 5.45. The van der Waals surface area contributed by atoms with E-state index in [2.05, 4.69) is 16.0 Å². The van der Waals surface area contributed by atoms with Gasteiger partial charge in [-0.05, 0) is 31.0 Å². The fourth-order valence-electron chi connectivity index (χ4n) is 3.28. The first-order valence-corrected chi connectivity index (χ1v) is 8.88. The molecule has 24 heavy (non-hydrogen) atoms. The number of piperazine rings is 1. The summed E-state index contributed by atoms with van der Waals surface area (Å²) in [6, 6.07) is 5.46. The van der Waals surface area contributed by atoms with Crippen LogP contribution in [0.15, 0.2) is 18.2 Å². The molecule has 2 fully saturated rings. The van der Waals surface area contributed by atoms with E-state index in [4.69, 9.17) is 11.6 Å². The highest BCUT2D eigenvalue weighted by molar-refractivity contribution is 6.33. The minimum Gasteiger partial charge on any atom is -0.359 e. The lowest BCUT2D eigenvalue weighted by Gasteiger charge is -2.29. The van der Waals surface area contributed by atoms with E-state index in [1.54, 1.807) is 6.07 Å². The Bertz CT molecular complexity index is 617. The van der Waals surface area contributed by atoms with Crippen LogP contribution in [0.5, 0.6) is 0 Å². The van der Waals surface area contributed by atoms with E-state index in [1.165, 1.54) is 19.3 Å². The standard InChI is InChI=1S/C17H23ClN4O2/c18-14-10-13(21-17(24)20-12-4-2-1-3-5-12)6-7-15(14)22-9-8-19-16(23)11-22/h6-7,10,12H,1-5,8-9,11H2,(H,19,23)(H2,20,21,24). The summed E-state index contributed by atoms with van der Waals surface area (Å²) in [6.45, 7) is 1.63. The SMILES string of the molecule is O=C1CN(c2ccc(NC(=O)NC3CCCCC3)cc2Cl)CCN1. The van der Waals surface area contributed by atoms with Crippen LogP contribution in [0.1, 0.15) is 32.1 Å². The van der Waals surface area contributed by atoms with Crippen molar-refractivity contribution in [3.8, 4) is 0 Å². The van der Waals surface area contributed by atoms with Crippen molar-refractivity contribution in [1.29, 1.82) is 0 Å². The van der Waals surface area contributed by atoms with Gasteiger partial charge in [-0.2, -0.15) is 0 Å². The third-order valence-electron chi connectivity index (χ3n) is 4.52. The number of urea groups is 1. The monoisotopic (exact) mass is 350 g/mol. The minimum atomic E-state index is -0.192. The van der Waals surface area contributed by atoms with E-state index in [-0.39, 0.29) is 18.0 Å². The van der Waals surface area contributed by atoms with E-state index in [0.717, 1.165) is 25.1 Å². The number of benzene rings is 1. The number of amides is 3. The lowest BCUT2D eigenvalue weighted by atomic mass is 9.96. The van der Waals surface area contributed by atoms with Crippen LogP contribution in [0.2, 0.25) is 5.02 Å². The van der Waals surface area contributed by atoms with Crippen LogP contribution >= 0.6 is 11.6 Å². The Morgan fingerprint density at radius 1 is 1.25 bits per heavy atom. The van der Waals surface area contributed by atoms with Gasteiger partial charge in [0.15, 0.2) is 0 Å². The Balaban J connectivity index is 1.59. The molecule has 1 aromatic carbocycles. The molecule has 1 aromatic rings. The molecule has 0 bridgehead atoms. The number of rotatable bonds is 3. The zero-order valence-electron chi connectivity index (χ0n) is 13.6. The molecule has 3 rings (SSSR count). The summed E-state index contributed by atoms with van der Waals surface area (Å²) < 4.78 is 0. The van der Waals surface area contributed by atoms with Gasteiger partial charge in [0.25, 0.3) is 0 Å². The molecule has 1 aliphatic carbocycles. The van der Waals surface area contributed by atoms with Crippen molar-refractivity contribution in [3.63, 3.8) is 0 Å². The summed E-state index contributed by atoms with van der Waals surface area (Å²) in [7, 11) is 0. The van der Waals surface area contributed by atoms with Gasteiger partial charge in [-0.15, -0.1) is 0 Å². The van der Waals surface area contributed by atoms with E-state index in [0.29, 0.717) is 23.8 Å². The maximum atomic E-state index is 12.1. The second-order valence-electron chi connectivity index (χ2n) is 6.37. The van der Waals surface area contributed by atoms with Gasteiger partial charge in [-0.25, -0.2) is 4.79 Å². The van der Waals surface area contributed by atoms with Crippen LogP contribution in [-0.4, -0.2) is 37.6 Å². The first-order chi connectivity index (χ1) is 11.6. The molecule has 0 unspecified atom stereocenters. The fraction of sp³-hybridized carbons (Fsp3) is 0.529. The highest BCUT2D eigenvalue weighted by Gasteiger charge is 2.19. The van der Waals surface area contributed by atoms with Gasteiger partial charge in [-0.3, -0.25) is 4.79 Å². The largest absolute Gasteiger partial charge is 0.359 e. The van der Waals surface area contributed by atoms with Crippen LogP contribution in [0.3, 0.4) is 0 Å². The van der Waals surface area contributed by atoms with Crippen molar-refractivity contribution in [2.24, 2.45) is 0 Å². The zero-order chi connectivity index (χ0) is 16.9. The van der Waals surface area contributed by atoms with Gasteiger partial charge >= 0.3 is 6.03 Å². The number of hydrogen-bond acceptors (Lipinski definition) is 3. The molecule has 0 spiro atoms. The molecule has 1 saturated carbocycles.